The minimum absolute atomic E-state index is 0.0155. The first-order valence-electron chi connectivity index (χ1n) is 4.94. The zero-order valence-corrected chi connectivity index (χ0v) is 8.87. The lowest BCUT2D eigenvalue weighted by Crippen LogP contribution is -2.06. The number of aromatic amines is 2. The number of halogens is 1. The number of nitrogens with one attached hydrogen (secondary N) is 2. The second-order valence-electron chi connectivity index (χ2n) is 3.62. The van der Waals surface area contributed by atoms with Crippen molar-refractivity contribution in [2.45, 2.75) is 0 Å². The van der Waals surface area contributed by atoms with Crippen molar-refractivity contribution in [1.29, 1.82) is 0 Å². The van der Waals surface area contributed by atoms with Gasteiger partial charge in [0.2, 0.25) is 5.43 Å². The van der Waals surface area contributed by atoms with Crippen LogP contribution in [0.3, 0.4) is 0 Å². The number of H-pyrrole nitrogens is 2. The van der Waals surface area contributed by atoms with Crippen LogP contribution in [0.5, 0.6) is 5.75 Å². The molecule has 0 saturated carbocycles. The molecule has 0 atom stereocenters. The molecule has 0 saturated heterocycles. The molecule has 0 aliphatic carbocycles. The fraction of sp³-hybridized carbons (Fsp3) is 0.0909. The fourth-order valence-electron chi connectivity index (χ4n) is 1.86. The molecule has 1 aromatic carbocycles. The third-order valence-corrected chi connectivity index (χ3v) is 2.70. The summed E-state index contributed by atoms with van der Waals surface area (Å²) in [6.45, 7) is 0. The standard InChI is InChI=1S/C11H8FN3O2/c1-17-7-3-2-6-8(9(7)12)10(16)5-4-13-15-11(5)14-6/h2-4H,1H3,(H2,13,14,15,16). The van der Waals surface area contributed by atoms with E-state index in [0.29, 0.717) is 16.6 Å². The zero-order chi connectivity index (χ0) is 12.0. The third-order valence-electron chi connectivity index (χ3n) is 2.70. The highest BCUT2D eigenvalue weighted by Crippen LogP contribution is 2.23. The summed E-state index contributed by atoms with van der Waals surface area (Å²) >= 11 is 0. The Morgan fingerprint density at radius 2 is 2.24 bits per heavy atom. The topological polar surface area (TPSA) is 70.8 Å². The van der Waals surface area contributed by atoms with Gasteiger partial charge in [-0.1, -0.05) is 0 Å². The molecule has 0 radical (unpaired) electrons. The van der Waals surface area contributed by atoms with E-state index in [-0.39, 0.29) is 11.1 Å². The predicted molar refractivity (Wildman–Crippen MR) is 60.7 cm³/mol. The Kier molecular flexibility index (Phi) is 1.91. The molecule has 3 rings (SSSR count). The molecule has 0 unspecified atom stereocenters. The van der Waals surface area contributed by atoms with Crippen LogP contribution >= 0.6 is 0 Å². The van der Waals surface area contributed by atoms with Crippen LogP contribution in [0.1, 0.15) is 0 Å². The highest BCUT2D eigenvalue weighted by molar-refractivity contribution is 5.91. The molecule has 86 valence electrons. The molecule has 17 heavy (non-hydrogen) atoms. The van der Waals surface area contributed by atoms with Gasteiger partial charge in [-0.25, -0.2) is 4.39 Å². The largest absolute Gasteiger partial charge is 0.494 e. The molecule has 0 spiro atoms. The lowest BCUT2D eigenvalue weighted by molar-refractivity contribution is 0.389. The van der Waals surface area contributed by atoms with E-state index < -0.39 is 11.2 Å². The summed E-state index contributed by atoms with van der Waals surface area (Å²) in [6, 6.07) is 3.06. The summed E-state index contributed by atoms with van der Waals surface area (Å²) in [5, 5.41) is 6.70. The lowest BCUT2D eigenvalue weighted by atomic mass is 10.1. The number of hydrogen-bond donors (Lipinski definition) is 2. The maximum atomic E-state index is 14.0. The van der Waals surface area contributed by atoms with Crippen molar-refractivity contribution in [2.75, 3.05) is 7.11 Å². The molecule has 6 heteroatoms. The van der Waals surface area contributed by atoms with E-state index in [2.05, 4.69) is 15.2 Å². The van der Waals surface area contributed by atoms with Crippen LogP contribution in [0.15, 0.2) is 23.1 Å². The van der Waals surface area contributed by atoms with E-state index in [9.17, 15) is 9.18 Å². The lowest BCUT2D eigenvalue weighted by Gasteiger charge is -2.04. The molecule has 2 aromatic heterocycles. The van der Waals surface area contributed by atoms with Gasteiger partial charge in [0, 0.05) is 0 Å². The monoisotopic (exact) mass is 233 g/mol. The van der Waals surface area contributed by atoms with Gasteiger partial charge in [0.15, 0.2) is 11.6 Å². The quantitative estimate of drug-likeness (QED) is 0.669. The molecule has 3 aromatic rings. The number of aromatic nitrogens is 3. The molecule has 0 bridgehead atoms. The average molecular weight is 233 g/mol. The Bertz CT molecular complexity index is 775. The molecule has 0 aliphatic heterocycles. The summed E-state index contributed by atoms with van der Waals surface area (Å²) in [6.07, 6.45) is 1.37. The number of ether oxygens (including phenoxy) is 1. The first kappa shape index (κ1) is 9.83. The maximum Gasteiger partial charge on any atom is 0.203 e. The molecule has 0 amide bonds. The number of fused-ring (bicyclic) bond motifs is 2. The third kappa shape index (κ3) is 1.24. The van der Waals surface area contributed by atoms with Gasteiger partial charge in [-0.05, 0) is 12.1 Å². The Morgan fingerprint density at radius 3 is 3.00 bits per heavy atom. The van der Waals surface area contributed by atoms with Crippen molar-refractivity contribution in [3.63, 3.8) is 0 Å². The minimum atomic E-state index is -0.658. The van der Waals surface area contributed by atoms with Crippen molar-refractivity contribution < 1.29 is 9.13 Å². The maximum absolute atomic E-state index is 14.0. The Balaban J connectivity index is 2.58. The molecule has 2 N–H and O–H groups in total. The normalized spacial score (nSPS) is 11.2. The second-order valence-corrected chi connectivity index (χ2v) is 3.62. The number of pyridine rings is 1. The van der Waals surface area contributed by atoms with Crippen molar-refractivity contribution >= 4 is 21.9 Å². The van der Waals surface area contributed by atoms with Gasteiger partial charge >= 0.3 is 0 Å². The van der Waals surface area contributed by atoms with Gasteiger partial charge in [0.25, 0.3) is 0 Å². The van der Waals surface area contributed by atoms with E-state index in [1.165, 1.54) is 19.4 Å². The van der Waals surface area contributed by atoms with Crippen molar-refractivity contribution in [2.24, 2.45) is 0 Å². The van der Waals surface area contributed by atoms with Crippen LogP contribution < -0.4 is 10.2 Å². The van der Waals surface area contributed by atoms with Crippen LogP contribution in [-0.2, 0) is 0 Å². The highest BCUT2D eigenvalue weighted by Gasteiger charge is 2.14. The average Bonchev–Trinajstić information content (AvgIpc) is 2.78. The van der Waals surface area contributed by atoms with E-state index in [1.807, 2.05) is 0 Å². The summed E-state index contributed by atoms with van der Waals surface area (Å²) in [5.41, 5.74) is 0.482. The van der Waals surface area contributed by atoms with Gasteiger partial charge in [-0.3, -0.25) is 9.89 Å². The van der Waals surface area contributed by atoms with Crippen LogP contribution in [0.25, 0.3) is 21.9 Å². The second kappa shape index (κ2) is 3.31. The number of rotatable bonds is 1. The molecule has 2 heterocycles. The van der Waals surface area contributed by atoms with Crippen molar-refractivity contribution in [3.05, 3.63) is 34.4 Å². The van der Waals surface area contributed by atoms with Crippen LogP contribution in [0.2, 0.25) is 0 Å². The first-order chi connectivity index (χ1) is 8.22. The van der Waals surface area contributed by atoms with Crippen LogP contribution in [0.4, 0.5) is 4.39 Å². The molecule has 0 fully saturated rings. The van der Waals surface area contributed by atoms with Crippen LogP contribution in [0, 0.1) is 5.82 Å². The number of methoxy groups -OCH3 is 1. The predicted octanol–water partition coefficient (Wildman–Crippen LogP) is 1.55. The van der Waals surface area contributed by atoms with Gasteiger partial charge in [-0.15, -0.1) is 0 Å². The molecular weight excluding hydrogens is 225 g/mol. The molecule has 0 aliphatic rings. The molecular formula is C11H8FN3O2. The smallest absolute Gasteiger partial charge is 0.203 e. The summed E-state index contributed by atoms with van der Waals surface area (Å²) in [7, 11) is 1.36. The Labute approximate surface area is 94.2 Å². The number of nitrogens with zero attached hydrogens (tertiary/aromatic N) is 1. The molecule has 5 nitrogen and oxygen atoms in total. The zero-order valence-electron chi connectivity index (χ0n) is 8.87. The van der Waals surface area contributed by atoms with E-state index >= 15 is 0 Å². The fourth-order valence-corrected chi connectivity index (χ4v) is 1.86. The van der Waals surface area contributed by atoms with E-state index in [0.717, 1.165) is 0 Å². The van der Waals surface area contributed by atoms with Crippen molar-refractivity contribution in [1.82, 2.24) is 15.2 Å². The van der Waals surface area contributed by atoms with E-state index in [4.69, 9.17) is 4.74 Å². The SMILES string of the molecule is COc1ccc2[nH]c3[nH]ncc3c(=O)c2c1F. The van der Waals surface area contributed by atoms with Gasteiger partial charge < -0.3 is 9.72 Å². The van der Waals surface area contributed by atoms with Gasteiger partial charge in [0.05, 0.1) is 29.6 Å². The van der Waals surface area contributed by atoms with Crippen LogP contribution in [-0.4, -0.2) is 22.3 Å². The minimum Gasteiger partial charge on any atom is -0.494 e. The van der Waals surface area contributed by atoms with Gasteiger partial charge in [0.1, 0.15) is 5.65 Å². The summed E-state index contributed by atoms with van der Waals surface area (Å²) in [4.78, 5) is 15.0. The van der Waals surface area contributed by atoms with Gasteiger partial charge in [-0.2, -0.15) is 5.10 Å². The highest BCUT2D eigenvalue weighted by atomic mass is 19.1. The van der Waals surface area contributed by atoms with E-state index in [1.54, 1.807) is 6.07 Å². The summed E-state index contributed by atoms with van der Waals surface area (Å²) < 4.78 is 18.8. The summed E-state index contributed by atoms with van der Waals surface area (Å²) in [5.74, 6) is -0.611. The first-order valence-corrected chi connectivity index (χ1v) is 4.94. The Morgan fingerprint density at radius 1 is 1.41 bits per heavy atom. The Hall–Kier alpha value is -2.37. The van der Waals surface area contributed by atoms with Crippen molar-refractivity contribution in [3.8, 4) is 5.75 Å². The number of benzene rings is 1. The number of hydrogen-bond acceptors (Lipinski definition) is 3.